The van der Waals surface area contributed by atoms with Gasteiger partial charge in [-0.3, -0.25) is 4.79 Å². The highest BCUT2D eigenvalue weighted by molar-refractivity contribution is 9.10. The molecule has 2 aliphatic rings. The number of carbonyl (C=O) groups is 1. The number of allylic oxidation sites excluding steroid dienone is 1. The molecule has 0 radical (unpaired) electrons. The summed E-state index contributed by atoms with van der Waals surface area (Å²) < 4.78 is 13.1. The second-order valence-corrected chi connectivity index (χ2v) is 8.01. The smallest absolute Gasteiger partial charge is 0.166 e. The third kappa shape index (κ3) is 4.77. The highest BCUT2D eigenvalue weighted by Crippen LogP contribution is 2.31. The minimum atomic E-state index is 0.175. The fourth-order valence-electron chi connectivity index (χ4n) is 2.89. The molecular formula is C21H20Br2O3. The van der Waals surface area contributed by atoms with E-state index >= 15 is 0 Å². The van der Waals surface area contributed by atoms with E-state index in [2.05, 4.69) is 50.9 Å². The maximum Gasteiger partial charge on any atom is 0.166 e. The van der Waals surface area contributed by atoms with E-state index < -0.39 is 0 Å². The minimum absolute atomic E-state index is 0.175. The first-order valence-electron chi connectivity index (χ1n) is 8.59. The van der Waals surface area contributed by atoms with Crippen LogP contribution in [0, 0.1) is 0 Å². The lowest BCUT2D eigenvalue weighted by molar-refractivity contribution is 0.0983. The third-order valence-corrected chi connectivity index (χ3v) is 5.23. The van der Waals surface area contributed by atoms with Gasteiger partial charge in [0.05, 0.1) is 18.8 Å². The maximum atomic E-state index is 11.6. The Labute approximate surface area is 170 Å². The molecule has 0 N–H and O–H groups in total. The predicted molar refractivity (Wildman–Crippen MR) is 111 cm³/mol. The molecule has 0 atom stereocenters. The van der Waals surface area contributed by atoms with Crippen LogP contribution < -0.4 is 9.47 Å². The number of carbonyl (C=O) groups excluding carboxylic acids is 1. The second-order valence-electron chi connectivity index (χ2n) is 6.18. The van der Waals surface area contributed by atoms with Crippen LogP contribution >= 0.6 is 31.9 Å². The van der Waals surface area contributed by atoms with Crippen molar-refractivity contribution in [3.05, 3.63) is 62.5 Å². The zero-order valence-corrected chi connectivity index (χ0v) is 17.7. The van der Waals surface area contributed by atoms with Crippen LogP contribution in [0.4, 0.5) is 0 Å². The largest absolute Gasteiger partial charge is 0.493 e. The van der Waals surface area contributed by atoms with Crippen LogP contribution in [0.5, 0.6) is 11.5 Å². The number of hydrogen-bond donors (Lipinski definition) is 0. The highest BCUT2D eigenvalue weighted by atomic mass is 79.9. The van der Waals surface area contributed by atoms with Crippen molar-refractivity contribution >= 4 is 43.2 Å². The molecule has 3 nitrogen and oxygen atoms in total. The van der Waals surface area contributed by atoms with Gasteiger partial charge in [-0.25, -0.2) is 0 Å². The van der Waals surface area contributed by atoms with Gasteiger partial charge in [-0.05, 0) is 55.3 Å². The van der Waals surface area contributed by atoms with E-state index in [1.807, 2.05) is 30.3 Å². The molecule has 2 heterocycles. The Morgan fingerprint density at radius 2 is 1.50 bits per heavy atom. The molecule has 0 spiro atoms. The van der Waals surface area contributed by atoms with Crippen LogP contribution in [-0.2, 0) is 0 Å². The van der Waals surface area contributed by atoms with Crippen LogP contribution in [0.2, 0.25) is 0 Å². The number of benzene rings is 2. The maximum absolute atomic E-state index is 11.6. The first-order valence-corrected chi connectivity index (χ1v) is 10.2. The summed E-state index contributed by atoms with van der Waals surface area (Å²) in [4.78, 5) is 11.6. The molecule has 2 aromatic rings. The monoisotopic (exact) mass is 478 g/mol. The van der Waals surface area contributed by atoms with E-state index in [1.54, 1.807) is 0 Å². The molecule has 0 amide bonds. The Bertz CT molecular complexity index is 837. The van der Waals surface area contributed by atoms with Gasteiger partial charge in [-0.1, -0.05) is 37.9 Å². The van der Waals surface area contributed by atoms with Crippen molar-refractivity contribution < 1.29 is 14.3 Å². The summed E-state index contributed by atoms with van der Waals surface area (Å²) in [6.45, 7) is 3.55. The molecule has 26 heavy (non-hydrogen) atoms. The number of ether oxygens (including phenoxy) is 2. The van der Waals surface area contributed by atoms with Crippen molar-refractivity contribution in [3.63, 3.8) is 0 Å². The summed E-state index contributed by atoms with van der Waals surface area (Å²) in [6.07, 6.45) is 4.62. The summed E-state index contributed by atoms with van der Waals surface area (Å²) in [5.74, 6) is 1.88. The normalized spacial score (nSPS) is 15.7. The molecule has 2 aromatic carbocycles. The molecular weight excluding hydrogens is 460 g/mol. The number of ketones is 1. The Balaban J connectivity index is 0.000000151. The standard InChI is InChI=1S/C11H11BrO.C10H9BrO2/c1-8-3-2-6-13-11-5-4-9(12)7-10(8)11;11-7-3-4-10-8(6-7)9(12)2-1-5-13-10/h3-5,7H,2,6H2,1H3;3-4,6H,1-2,5H2. The fraction of sp³-hybridized carbons (Fsp3) is 0.286. The lowest BCUT2D eigenvalue weighted by atomic mass is 10.1. The average Bonchev–Trinajstić information content (AvgIpc) is 2.92. The lowest BCUT2D eigenvalue weighted by Gasteiger charge is -2.07. The molecule has 0 saturated heterocycles. The van der Waals surface area contributed by atoms with Gasteiger partial charge in [0.15, 0.2) is 5.78 Å². The number of halogens is 2. The first-order chi connectivity index (χ1) is 12.5. The van der Waals surface area contributed by atoms with Crippen LogP contribution in [0.1, 0.15) is 42.1 Å². The zero-order chi connectivity index (χ0) is 18.5. The summed E-state index contributed by atoms with van der Waals surface area (Å²) in [7, 11) is 0. The van der Waals surface area contributed by atoms with Crippen molar-refractivity contribution in [3.8, 4) is 11.5 Å². The topological polar surface area (TPSA) is 35.5 Å². The van der Waals surface area contributed by atoms with Gasteiger partial charge in [0.25, 0.3) is 0 Å². The first kappa shape index (κ1) is 19.2. The van der Waals surface area contributed by atoms with E-state index in [1.165, 1.54) is 11.1 Å². The van der Waals surface area contributed by atoms with Crippen molar-refractivity contribution in [2.45, 2.75) is 26.2 Å². The Kier molecular flexibility index (Phi) is 6.54. The Hall–Kier alpha value is -1.59. The van der Waals surface area contributed by atoms with Crippen molar-refractivity contribution in [1.82, 2.24) is 0 Å². The lowest BCUT2D eigenvalue weighted by Crippen LogP contribution is -1.96. The van der Waals surface area contributed by atoms with Gasteiger partial charge in [0.2, 0.25) is 0 Å². The van der Waals surface area contributed by atoms with E-state index in [9.17, 15) is 4.79 Å². The molecule has 136 valence electrons. The van der Waals surface area contributed by atoms with Gasteiger partial charge in [-0.2, -0.15) is 0 Å². The van der Waals surface area contributed by atoms with Crippen LogP contribution in [0.25, 0.3) is 5.57 Å². The van der Waals surface area contributed by atoms with Gasteiger partial charge < -0.3 is 9.47 Å². The van der Waals surface area contributed by atoms with Crippen LogP contribution in [-0.4, -0.2) is 19.0 Å². The fourth-order valence-corrected chi connectivity index (χ4v) is 3.61. The third-order valence-electron chi connectivity index (χ3n) is 4.24. The summed E-state index contributed by atoms with van der Waals surface area (Å²) in [5.41, 5.74) is 3.20. The number of fused-ring (bicyclic) bond motifs is 2. The Morgan fingerprint density at radius 1 is 0.885 bits per heavy atom. The molecule has 5 heteroatoms. The van der Waals surface area contributed by atoms with Gasteiger partial charge in [0.1, 0.15) is 11.5 Å². The van der Waals surface area contributed by atoms with Crippen LogP contribution in [0.3, 0.4) is 0 Å². The molecule has 0 saturated carbocycles. The minimum Gasteiger partial charge on any atom is -0.493 e. The number of Topliss-reactive ketones (excluding diaryl/α,β-unsaturated/α-hetero) is 1. The molecule has 0 fully saturated rings. The number of rotatable bonds is 0. The predicted octanol–water partition coefficient (Wildman–Crippen LogP) is 6.44. The Morgan fingerprint density at radius 3 is 2.23 bits per heavy atom. The average molecular weight is 480 g/mol. The van der Waals surface area contributed by atoms with Crippen molar-refractivity contribution in [2.24, 2.45) is 0 Å². The van der Waals surface area contributed by atoms with Gasteiger partial charge >= 0.3 is 0 Å². The molecule has 0 unspecified atom stereocenters. The van der Waals surface area contributed by atoms with E-state index in [0.29, 0.717) is 24.3 Å². The van der Waals surface area contributed by atoms with Crippen LogP contribution in [0.15, 0.2) is 51.4 Å². The zero-order valence-electron chi connectivity index (χ0n) is 14.6. The van der Waals surface area contributed by atoms with Gasteiger partial charge in [-0.15, -0.1) is 0 Å². The number of hydrogen-bond acceptors (Lipinski definition) is 3. The molecule has 4 rings (SSSR count). The summed E-state index contributed by atoms with van der Waals surface area (Å²) >= 11 is 6.80. The molecule has 0 aliphatic carbocycles. The molecule has 0 bridgehead atoms. The van der Waals surface area contributed by atoms with E-state index in [-0.39, 0.29) is 5.78 Å². The summed E-state index contributed by atoms with van der Waals surface area (Å²) in [5, 5.41) is 0. The van der Waals surface area contributed by atoms with Crippen molar-refractivity contribution in [1.29, 1.82) is 0 Å². The van der Waals surface area contributed by atoms with Gasteiger partial charge in [0, 0.05) is 27.4 Å². The molecule has 0 aromatic heterocycles. The quantitative estimate of drug-likeness (QED) is 0.436. The summed E-state index contributed by atoms with van der Waals surface area (Å²) in [6, 6.07) is 11.7. The SMILES string of the molecule is CC1=CCCOc2ccc(Br)cc21.O=C1CCCOc2ccc(Br)cc21. The second kappa shape index (κ2) is 8.87. The highest BCUT2D eigenvalue weighted by Gasteiger charge is 2.16. The van der Waals surface area contributed by atoms with E-state index in [0.717, 1.165) is 34.1 Å². The van der Waals surface area contributed by atoms with Crippen molar-refractivity contribution in [2.75, 3.05) is 13.2 Å². The van der Waals surface area contributed by atoms with E-state index in [4.69, 9.17) is 9.47 Å². The molecule has 2 aliphatic heterocycles.